The molecular formula is C20H33N3O3. The van der Waals surface area contributed by atoms with Gasteiger partial charge in [0.25, 0.3) is 0 Å². The highest BCUT2D eigenvalue weighted by molar-refractivity contribution is 5.75. The quantitative estimate of drug-likeness (QED) is 0.792. The summed E-state index contributed by atoms with van der Waals surface area (Å²) < 4.78 is 5.31. The van der Waals surface area contributed by atoms with E-state index in [1.165, 1.54) is 32.1 Å². The summed E-state index contributed by atoms with van der Waals surface area (Å²) >= 11 is 0. The molecule has 0 aromatic heterocycles. The molecule has 1 aliphatic heterocycles. The average molecular weight is 364 g/mol. The number of urea groups is 1. The van der Waals surface area contributed by atoms with Crippen LogP contribution < -0.4 is 10.6 Å². The lowest BCUT2D eigenvalue weighted by molar-refractivity contribution is -0.0107. The minimum Gasteiger partial charge on any atom is -0.444 e. The lowest BCUT2D eigenvalue weighted by Gasteiger charge is -2.54. The Morgan fingerprint density at radius 3 is 2.15 bits per heavy atom. The predicted octanol–water partition coefficient (Wildman–Crippen LogP) is 3.12. The Morgan fingerprint density at radius 2 is 1.58 bits per heavy atom. The Hall–Kier alpha value is -1.46. The van der Waals surface area contributed by atoms with Crippen LogP contribution in [0.1, 0.15) is 59.3 Å². The van der Waals surface area contributed by atoms with Crippen molar-refractivity contribution in [2.75, 3.05) is 13.1 Å². The first-order chi connectivity index (χ1) is 12.3. The molecule has 5 aliphatic rings. The van der Waals surface area contributed by atoms with E-state index in [-0.39, 0.29) is 12.1 Å². The van der Waals surface area contributed by atoms with Gasteiger partial charge in [0, 0.05) is 19.1 Å². The molecule has 3 amide bonds. The van der Waals surface area contributed by atoms with Gasteiger partial charge in [-0.25, -0.2) is 9.59 Å². The van der Waals surface area contributed by atoms with Gasteiger partial charge in [0.15, 0.2) is 0 Å². The summed E-state index contributed by atoms with van der Waals surface area (Å²) in [6.45, 7) is 6.82. The summed E-state index contributed by atoms with van der Waals surface area (Å²) in [5, 5.41) is 6.25. The lowest BCUT2D eigenvalue weighted by Crippen LogP contribution is -2.58. The molecule has 6 nitrogen and oxygen atoms in total. The Kier molecular flexibility index (Phi) is 4.56. The van der Waals surface area contributed by atoms with Crippen LogP contribution in [-0.4, -0.2) is 47.8 Å². The number of nitrogens with zero attached hydrogens (tertiary/aromatic N) is 1. The van der Waals surface area contributed by atoms with Crippen LogP contribution in [0.15, 0.2) is 0 Å². The lowest BCUT2D eigenvalue weighted by atomic mass is 9.54. The monoisotopic (exact) mass is 363 g/mol. The van der Waals surface area contributed by atoms with Crippen molar-refractivity contribution in [3.63, 3.8) is 0 Å². The van der Waals surface area contributed by atoms with Crippen LogP contribution in [0.2, 0.25) is 0 Å². The molecule has 1 heterocycles. The van der Waals surface area contributed by atoms with Crippen LogP contribution in [0.4, 0.5) is 9.59 Å². The number of alkyl carbamates (subject to hydrolysis) is 1. The highest BCUT2D eigenvalue weighted by atomic mass is 16.6. The van der Waals surface area contributed by atoms with Crippen LogP contribution >= 0.6 is 0 Å². The summed E-state index contributed by atoms with van der Waals surface area (Å²) in [5.74, 6) is 3.21. The van der Waals surface area contributed by atoms with Gasteiger partial charge in [-0.1, -0.05) is 0 Å². The van der Waals surface area contributed by atoms with Gasteiger partial charge in [-0.2, -0.15) is 0 Å². The van der Waals surface area contributed by atoms with Crippen molar-refractivity contribution in [1.82, 2.24) is 15.5 Å². The fourth-order valence-electron chi connectivity index (χ4n) is 5.93. The number of hydrogen-bond donors (Lipinski definition) is 2. The third-order valence-electron chi connectivity index (χ3n) is 6.71. The Labute approximate surface area is 156 Å². The van der Waals surface area contributed by atoms with Crippen LogP contribution in [0, 0.1) is 23.7 Å². The van der Waals surface area contributed by atoms with Crippen molar-refractivity contribution in [1.29, 1.82) is 0 Å². The second kappa shape index (κ2) is 6.61. The molecule has 5 fully saturated rings. The fraction of sp³-hybridized carbons (Fsp3) is 0.900. The van der Waals surface area contributed by atoms with Crippen molar-refractivity contribution >= 4 is 12.1 Å². The number of amides is 3. The largest absolute Gasteiger partial charge is 0.444 e. The molecule has 26 heavy (non-hydrogen) atoms. The number of likely N-dealkylation sites (tertiary alicyclic amines) is 1. The number of hydrogen-bond acceptors (Lipinski definition) is 3. The normalized spacial score (nSPS) is 38.3. The van der Waals surface area contributed by atoms with E-state index in [1.54, 1.807) is 0 Å². The van der Waals surface area contributed by atoms with E-state index < -0.39 is 11.7 Å². The van der Waals surface area contributed by atoms with E-state index in [9.17, 15) is 9.59 Å². The minimum atomic E-state index is -0.501. The van der Waals surface area contributed by atoms with E-state index in [0.717, 1.165) is 18.3 Å². The van der Waals surface area contributed by atoms with Gasteiger partial charge in [-0.05, 0) is 83.0 Å². The zero-order valence-corrected chi connectivity index (χ0v) is 16.3. The number of ether oxygens (including phenoxy) is 1. The van der Waals surface area contributed by atoms with Crippen LogP contribution in [0.25, 0.3) is 0 Å². The molecule has 1 atom stereocenters. The molecular weight excluding hydrogens is 330 g/mol. The first-order valence-corrected chi connectivity index (χ1v) is 10.3. The average Bonchev–Trinajstić information content (AvgIpc) is 2.96. The smallest absolute Gasteiger partial charge is 0.407 e. The number of carbonyl (C=O) groups is 2. The molecule has 146 valence electrons. The highest BCUT2D eigenvalue weighted by Gasteiger charge is 2.49. The maximum Gasteiger partial charge on any atom is 0.407 e. The molecule has 1 saturated heterocycles. The van der Waals surface area contributed by atoms with Crippen molar-refractivity contribution in [3.8, 4) is 0 Å². The van der Waals surface area contributed by atoms with E-state index in [4.69, 9.17) is 4.74 Å². The standard InChI is InChI=1S/C20H33N3O3/c1-20(2,3)26-19(25)21-16-4-5-23(11-16)18(24)22-17-14-7-12-6-13(9-14)10-15(17)8-12/h12-17H,4-11H2,1-3H3,(H,21,25)(H,22,24)/t12?,13?,14?,15?,16-,17?/m1/s1. The minimum absolute atomic E-state index is 0.0194. The summed E-state index contributed by atoms with van der Waals surface area (Å²) in [6.07, 6.45) is 7.04. The second-order valence-corrected chi connectivity index (χ2v) is 9.98. The second-order valence-electron chi connectivity index (χ2n) is 9.98. The van der Waals surface area contributed by atoms with Crippen LogP contribution in [0.5, 0.6) is 0 Å². The Balaban J connectivity index is 1.27. The zero-order valence-electron chi connectivity index (χ0n) is 16.3. The van der Waals surface area contributed by atoms with Crippen LogP contribution in [0.3, 0.4) is 0 Å². The molecule has 4 aliphatic carbocycles. The summed E-state index contributed by atoms with van der Waals surface area (Å²) in [6, 6.07) is 0.401. The predicted molar refractivity (Wildman–Crippen MR) is 98.7 cm³/mol. The first-order valence-electron chi connectivity index (χ1n) is 10.3. The molecule has 0 aromatic rings. The van der Waals surface area contributed by atoms with Gasteiger partial charge >= 0.3 is 12.1 Å². The summed E-state index contributed by atoms with van der Waals surface area (Å²) in [7, 11) is 0. The topological polar surface area (TPSA) is 70.7 Å². The molecule has 0 spiro atoms. The SMILES string of the molecule is CC(C)(C)OC(=O)N[C@@H]1CCN(C(=O)NC2C3CC4CC(C3)CC2C4)C1. The van der Waals surface area contributed by atoms with Gasteiger partial charge in [-0.15, -0.1) is 0 Å². The van der Waals surface area contributed by atoms with E-state index in [2.05, 4.69) is 10.6 Å². The van der Waals surface area contributed by atoms with Gasteiger partial charge < -0.3 is 20.3 Å². The van der Waals surface area contributed by atoms with Crippen molar-refractivity contribution < 1.29 is 14.3 Å². The Morgan fingerprint density at radius 1 is 0.962 bits per heavy atom. The third kappa shape index (κ3) is 3.79. The molecule has 5 rings (SSSR count). The van der Waals surface area contributed by atoms with Gasteiger partial charge in [0.1, 0.15) is 5.60 Å². The van der Waals surface area contributed by atoms with Crippen molar-refractivity contribution in [2.24, 2.45) is 23.7 Å². The number of rotatable bonds is 2. The van der Waals surface area contributed by atoms with Gasteiger partial charge in [0.2, 0.25) is 0 Å². The molecule has 0 aromatic carbocycles. The fourth-order valence-corrected chi connectivity index (χ4v) is 5.93. The van der Waals surface area contributed by atoms with Gasteiger partial charge in [-0.3, -0.25) is 0 Å². The highest BCUT2D eigenvalue weighted by Crippen LogP contribution is 2.53. The van der Waals surface area contributed by atoms with Crippen LogP contribution in [-0.2, 0) is 4.74 Å². The molecule has 4 saturated carbocycles. The molecule has 2 N–H and O–H groups in total. The first kappa shape index (κ1) is 17.9. The summed E-state index contributed by atoms with van der Waals surface area (Å²) in [4.78, 5) is 26.5. The van der Waals surface area contributed by atoms with Crippen molar-refractivity contribution in [3.05, 3.63) is 0 Å². The zero-order chi connectivity index (χ0) is 18.5. The van der Waals surface area contributed by atoms with Gasteiger partial charge in [0.05, 0.1) is 6.04 Å². The molecule has 4 bridgehead atoms. The maximum atomic E-state index is 12.8. The third-order valence-corrected chi connectivity index (χ3v) is 6.71. The number of nitrogens with one attached hydrogen (secondary N) is 2. The van der Waals surface area contributed by atoms with E-state index in [0.29, 0.717) is 31.0 Å². The molecule has 0 radical (unpaired) electrons. The van der Waals surface area contributed by atoms with E-state index >= 15 is 0 Å². The summed E-state index contributed by atoms with van der Waals surface area (Å²) in [5.41, 5.74) is -0.501. The molecule has 6 heteroatoms. The van der Waals surface area contributed by atoms with E-state index in [1.807, 2.05) is 25.7 Å². The number of carbonyl (C=O) groups excluding carboxylic acids is 2. The Bertz CT molecular complexity index is 543. The van der Waals surface area contributed by atoms with Crippen molar-refractivity contribution in [2.45, 2.75) is 77.0 Å². The molecule has 0 unspecified atom stereocenters. The maximum absolute atomic E-state index is 12.8.